The summed E-state index contributed by atoms with van der Waals surface area (Å²) in [6, 6.07) is 0. The third-order valence-corrected chi connectivity index (χ3v) is 2.96. The number of rotatable bonds is 22. The lowest BCUT2D eigenvalue weighted by atomic mass is 10.6. The molecule has 0 saturated carbocycles. The summed E-state index contributed by atoms with van der Waals surface area (Å²) < 4.78 is 36.2. The first-order valence-electron chi connectivity index (χ1n) is 9.14. The quantitative estimate of drug-likeness (QED) is 0.218. The fourth-order valence-electron chi connectivity index (χ4n) is 1.67. The molecule has 2 N–H and O–H groups in total. The van der Waals surface area contributed by atoms with Crippen LogP contribution in [0.2, 0.25) is 0 Å². The highest BCUT2D eigenvalue weighted by Crippen LogP contribution is 1.83. The van der Waals surface area contributed by atoms with Gasteiger partial charge >= 0.3 is 0 Å². The second-order valence-electron chi connectivity index (χ2n) is 5.18. The molecule has 10 heteroatoms. The number of hydrogen-bond donors (Lipinski definition) is 2. The maximum Gasteiger partial charge on any atom is 0.246 e. The van der Waals surface area contributed by atoms with E-state index in [0.717, 1.165) is 0 Å². The fraction of sp³-hybridized carbons (Fsp3) is 0.941. The molecule has 0 aromatic rings. The number of hydrogen-bond acceptors (Lipinski definition) is 9. The van der Waals surface area contributed by atoms with Gasteiger partial charge in [0.25, 0.3) is 0 Å². The van der Waals surface area contributed by atoms with E-state index in [0.29, 0.717) is 85.8 Å². The van der Waals surface area contributed by atoms with Crippen LogP contribution in [0.25, 0.3) is 0 Å². The molecule has 0 unspecified atom stereocenters. The van der Waals surface area contributed by atoms with Crippen molar-refractivity contribution in [3.63, 3.8) is 0 Å². The zero-order valence-corrected chi connectivity index (χ0v) is 16.3. The van der Waals surface area contributed by atoms with Crippen LogP contribution in [-0.2, 0) is 38.0 Å². The van der Waals surface area contributed by atoms with Gasteiger partial charge in [0, 0.05) is 13.7 Å². The van der Waals surface area contributed by atoms with Crippen LogP contribution in [0.3, 0.4) is 0 Å². The average Bonchev–Trinajstić information content (AvgIpc) is 2.67. The Morgan fingerprint density at radius 1 is 0.667 bits per heavy atom. The van der Waals surface area contributed by atoms with Crippen LogP contribution in [-0.4, -0.2) is 117 Å². The van der Waals surface area contributed by atoms with Crippen molar-refractivity contribution in [2.75, 3.05) is 106 Å². The molecule has 0 spiro atoms. The summed E-state index contributed by atoms with van der Waals surface area (Å²) in [4.78, 5) is 11.5. The van der Waals surface area contributed by atoms with E-state index in [4.69, 9.17) is 38.3 Å². The molecule has 0 aliphatic rings. The van der Waals surface area contributed by atoms with Crippen molar-refractivity contribution < 1.29 is 43.1 Å². The number of amides is 1. The molecule has 0 radical (unpaired) electrons. The SMILES string of the molecule is COCCOCCOCCOCC(=O)NCCOCCOCCOCCO. The van der Waals surface area contributed by atoms with Crippen LogP contribution in [0.5, 0.6) is 0 Å². The molecule has 0 aromatic heterocycles. The zero-order chi connectivity index (χ0) is 19.8. The van der Waals surface area contributed by atoms with Crippen molar-refractivity contribution in [2.24, 2.45) is 0 Å². The van der Waals surface area contributed by atoms with Crippen molar-refractivity contribution in [3.8, 4) is 0 Å². The van der Waals surface area contributed by atoms with Crippen LogP contribution < -0.4 is 5.32 Å². The summed E-state index contributed by atoms with van der Waals surface area (Å²) in [6.45, 7) is 5.82. The van der Waals surface area contributed by atoms with Gasteiger partial charge in [-0.1, -0.05) is 0 Å². The monoisotopic (exact) mass is 397 g/mol. The highest BCUT2D eigenvalue weighted by atomic mass is 16.6. The molecule has 0 rings (SSSR count). The van der Waals surface area contributed by atoms with Crippen molar-refractivity contribution in [1.82, 2.24) is 5.32 Å². The van der Waals surface area contributed by atoms with E-state index in [1.807, 2.05) is 0 Å². The number of methoxy groups -OCH3 is 1. The first kappa shape index (κ1) is 26.1. The van der Waals surface area contributed by atoms with Gasteiger partial charge in [-0.2, -0.15) is 0 Å². The largest absolute Gasteiger partial charge is 0.394 e. The molecule has 0 heterocycles. The standard InChI is InChI=1S/C17H35NO9/c1-21-6-7-24-12-13-26-14-15-27-16-17(20)18-2-4-22-8-10-25-11-9-23-5-3-19/h19H,2-16H2,1H3,(H,18,20). The lowest BCUT2D eigenvalue weighted by Gasteiger charge is -2.08. The maximum absolute atomic E-state index is 11.5. The fourth-order valence-corrected chi connectivity index (χ4v) is 1.67. The third-order valence-electron chi connectivity index (χ3n) is 2.96. The molecular formula is C17H35NO9. The van der Waals surface area contributed by atoms with Gasteiger partial charge in [-0.05, 0) is 0 Å². The number of aliphatic hydroxyl groups is 1. The Labute approximate surface area is 161 Å². The molecule has 0 aromatic carbocycles. The number of carbonyl (C=O) groups excluding carboxylic acids is 1. The molecule has 0 atom stereocenters. The molecule has 162 valence electrons. The average molecular weight is 397 g/mol. The van der Waals surface area contributed by atoms with E-state index < -0.39 is 0 Å². The summed E-state index contributed by atoms with van der Waals surface area (Å²) in [5, 5.41) is 11.2. The first-order chi connectivity index (χ1) is 13.3. The third kappa shape index (κ3) is 23.1. The van der Waals surface area contributed by atoms with Crippen molar-refractivity contribution >= 4 is 5.91 Å². The molecule has 27 heavy (non-hydrogen) atoms. The van der Waals surface area contributed by atoms with E-state index in [1.54, 1.807) is 7.11 Å². The van der Waals surface area contributed by atoms with Gasteiger partial charge in [0.15, 0.2) is 0 Å². The number of aliphatic hydroxyl groups excluding tert-OH is 1. The summed E-state index contributed by atoms with van der Waals surface area (Å²) in [5.74, 6) is -0.196. The molecule has 1 amide bonds. The Kier molecular flexibility index (Phi) is 22.5. The Balaban J connectivity index is 3.13. The molecule has 0 aliphatic carbocycles. The van der Waals surface area contributed by atoms with Crippen LogP contribution in [0, 0.1) is 0 Å². The lowest BCUT2D eigenvalue weighted by Crippen LogP contribution is -2.31. The van der Waals surface area contributed by atoms with E-state index in [-0.39, 0.29) is 19.1 Å². The summed E-state index contributed by atoms with van der Waals surface area (Å²) >= 11 is 0. The Morgan fingerprint density at radius 3 is 1.63 bits per heavy atom. The van der Waals surface area contributed by atoms with E-state index >= 15 is 0 Å². The summed E-state index contributed by atoms with van der Waals surface area (Å²) in [5.41, 5.74) is 0. The highest BCUT2D eigenvalue weighted by molar-refractivity contribution is 5.77. The van der Waals surface area contributed by atoms with Gasteiger partial charge in [-0.3, -0.25) is 4.79 Å². The van der Waals surface area contributed by atoms with Gasteiger partial charge in [0.2, 0.25) is 5.91 Å². The molecule has 0 bridgehead atoms. The zero-order valence-electron chi connectivity index (χ0n) is 16.3. The van der Waals surface area contributed by atoms with E-state index in [9.17, 15) is 4.79 Å². The maximum atomic E-state index is 11.5. The first-order valence-corrected chi connectivity index (χ1v) is 9.14. The molecular weight excluding hydrogens is 362 g/mol. The van der Waals surface area contributed by atoms with Gasteiger partial charge in [0.05, 0.1) is 85.9 Å². The van der Waals surface area contributed by atoms with Gasteiger partial charge < -0.3 is 43.6 Å². The Bertz CT molecular complexity index is 308. The number of carbonyl (C=O) groups is 1. The Hall–Kier alpha value is -0.850. The number of nitrogens with one attached hydrogen (secondary N) is 1. The molecule has 0 saturated heterocycles. The minimum Gasteiger partial charge on any atom is -0.394 e. The molecule has 0 fully saturated rings. The van der Waals surface area contributed by atoms with Gasteiger partial charge in [-0.25, -0.2) is 0 Å². The topological polar surface area (TPSA) is 114 Å². The van der Waals surface area contributed by atoms with Crippen LogP contribution in [0.1, 0.15) is 0 Å². The van der Waals surface area contributed by atoms with Crippen LogP contribution in [0.15, 0.2) is 0 Å². The van der Waals surface area contributed by atoms with Crippen LogP contribution >= 0.6 is 0 Å². The molecule has 10 nitrogen and oxygen atoms in total. The van der Waals surface area contributed by atoms with Crippen molar-refractivity contribution in [2.45, 2.75) is 0 Å². The van der Waals surface area contributed by atoms with Crippen LogP contribution in [0.4, 0.5) is 0 Å². The Morgan fingerprint density at radius 2 is 1.11 bits per heavy atom. The predicted molar refractivity (Wildman–Crippen MR) is 96.9 cm³/mol. The van der Waals surface area contributed by atoms with E-state index in [2.05, 4.69) is 5.32 Å². The molecule has 0 aliphatic heterocycles. The van der Waals surface area contributed by atoms with Crippen molar-refractivity contribution in [1.29, 1.82) is 0 Å². The number of ether oxygens (including phenoxy) is 7. The van der Waals surface area contributed by atoms with Gasteiger partial charge in [-0.15, -0.1) is 0 Å². The second-order valence-corrected chi connectivity index (χ2v) is 5.18. The van der Waals surface area contributed by atoms with Crippen molar-refractivity contribution in [3.05, 3.63) is 0 Å². The normalized spacial score (nSPS) is 11.0. The summed E-state index contributed by atoms with van der Waals surface area (Å²) in [7, 11) is 1.62. The highest BCUT2D eigenvalue weighted by Gasteiger charge is 2.00. The predicted octanol–water partition coefficient (Wildman–Crippen LogP) is -1.16. The lowest BCUT2D eigenvalue weighted by molar-refractivity contribution is -0.126. The second kappa shape index (κ2) is 23.2. The summed E-state index contributed by atoms with van der Waals surface area (Å²) in [6.07, 6.45) is 0. The minimum absolute atomic E-state index is 0.00928. The smallest absolute Gasteiger partial charge is 0.246 e. The minimum atomic E-state index is -0.196. The van der Waals surface area contributed by atoms with Gasteiger partial charge in [0.1, 0.15) is 6.61 Å². The van der Waals surface area contributed by atoms with E-state index in [1.165, 1.54) is 0 Å².